The molecule has 3 N–H and O–H groups in total. The number of nitrogens with two attached hydrogens (primary N) is 1. The molecule has 108 valence electrons. The molecule has 0 unspecified atom stereocenters. The lowest BCUT2D eigenvalue weighted by Crippen LogP contribution is -2.37. The van der Waals surface area contributed by atoms with Crippen molar-refractivity contribution in [3.05, 3.63) is 29.8 Å². The number of hydrogen-bond donors (Lipinski definition) is 2. The molecule has 4 nitrogen and oxygen atoms in total. The molecular weight excluding hydrogens is 250 g/mol. The van der Waals surface area contributed by atoms with Crippen LogP contribution in [0.1, 0.15) is 37.7 Å². The van der Waals surface area contributed by atoms with E-state index in [0.29, 0.717) is 0 Å². The van der Waals surface area contributed by atoms with Crippen LogP contribution in [0.15, 0.2) is 24.3 Å². The molecule has 3 rings (SSSR count). The highest BCUT2D eigenvalue weighted by Gasteiger charge is 2.45. The van der Waals surface area contributed by atoms with E-state index in [4.69, 9.17) is 5.73 Å². The number of amides is 1. The number of nitrogens with zero attached hydrogens (tertiary/aromatic N) is 1. The molecule has 1 amide bonds. The first-order valence-corrected chi connectivity index (χ1v) is 7.57. The maximum atomic E-state index is 12.0. The molecule has 1 aromatic carbocycles. The number of anilines is 1. The monoisotopic (exact) mass is 273 g/mol. The van der Waals surface area contributed by atoms with Gasteiger partial charge < -0.3 is 11.1 Å². The zero-order valence-electron chi connectivity index (χ0n) is 11.9. The first kappa shape index (κ1) is 13.6. The summed E-state index contributed by atoms with van der Waals surface area (Å²) < 4.78 is 0. The van der Waals surface area contributed by atoms with Crippen molar-refractivity contribution in [2.45, 2.75) is 44.2 Å². The van der Waals surface area contributed by atoms with Gasteiger partial charge in [-0.25, -0.2) is 0 Å². The number of piperidine rings is 1. The minimum absolute atomic E-state index is 0.0485. The van der Waals surface area contributed by atoms with E-state index in [9.17, 15) is 4.79 Å². The van der Waals surface area contributed by atoms with Crippen LogP contribution in [0.4, 0.5) is 5.69 Å². The average Bonchev–Trinajstić information content (AvgIpc) is 3.20. The quantitative estimate of drug-likeness (QED) is 0.883. The Bertz CT molecular complexity index is 490. The first-order valence-electron chi connectivity index (χ1n) is 7.57. The topological polar surface area (TPSA) is 58.4 Å². The fraction of sp³-hybridized carbons (Fsp3) is 0.562. The highest BCUT2D eigenvalue weighted by molar-refractivity contribution is 6.00. The van der Waals surface area contributed by atoms with E-state index in [1.165, 1.54) is 37.9 Å². The fourth-order valence-corrected chi connectivity index (χ4v) is 2.74. The van der Waals surface area contributed by atoms with Gasteiger partial charge in [-0.05, 0) is 56.5 Å². The Labute approximate surface area is 120 Å². The van der Waals surface area contributed by atoms with E-state index in [-0.39, 0.29) is 5.91 Å². The summed E-state index contributed by atoms with van der Waals surface area (Å²) >= 11 is 0. The smallest absolute Gasteiger partial charge is 0.244 e. The Balaban J connectivity index is 1.61. The van der Waals surface area contributed by atoms with E-state index in [1.54, 1.807) is 0 Å². The number of benzene rings is 1. The number of carbonyl (C=O) groups excluding carboxylic acids is 1. The van der Waals surface area contributed by atoms with Gasteiger partial charge in [-0.15, -0.1) is 0 Å². The Morgan fingerprint density at radius 2 is 2.00 bits per heavy atom. The second kappa shape index (κ2) is 5.54. The lowest BCUT2D eigenvalue weighted by Gasteiger charge is -2.26. The third kappa shape index (κ3) is 3.19. The minimum atomic E-state index is -0.608. The van der Waals surface area contributed by atoms with Crippen molar-refractivity contribution >= 4 is 11.6 Å². The minimum Gasteiger partial charge on any atom is -0.324 e. The van der Waals surface area contributed by atoms with Crippen molar-refractivity contribution in [2.24, 2.45) is 5.73 Å². The van der Waals surface area contributed by atoms with Gasteiger partial charge in [-0.3, -0.25) is 9.69 Å². The van der Waals surface area contributed by atoms with Crippen LogP contribution in [-0.4, -0.2) is 29.4 Å². The summed E-state index contributed by atoms with van der Waals surface area (Å²) in [6.07, 6.45) is 5.54. The van der Waals surface area contributed by atoms with Gasteiger partial charge in [0.15, 0.2) is 0 Å². The van der Waals surface area contributed by atoms with E-state index >= 15 is 0 Å². The molecule has 1 aromatic rings. The van der Waals surface area contributed by atoms with Crippen LogP contribution in [0.2, 0.25) is 0 Å². The summed E-state index contributed by atoms with van der Waals surface area (Å²) in [5.74, 6) is -0.0485. The standard InChI is InChI=1S/C16H23N3O/c17-16(7-8-16)15(20)18-14-6-4-5-13(11-14)12-19-9-2-1-3-10-19/h4-6,11H,1-3,7-10,12,17H2,(H,18,20). The third-order valence-corrected chi connectivity index (χ3v) is 4.28. The predicted octanol–water partition coefficient (Wildman–Crippen LogP) is 2.10. The van der Waals surface area contributed by atoms with Crippen LogP contribution in [0, 0.1) is 0 Å². The van der Waals surface area contributed by atoms with Gasteiger partial charge in [0.1, 0.15) is 0 Å². The van der Waals surface area contributed by atoms with Crippen molar-refractivity contribution in [2.75, 3.05) is 18.4 Å². The van der Waals surface area contributed by atoms with E-state index in [1.807, 2.05) is 12.1 Å². The molecule has 0 atom stereocenters. The normalized spacial score (nSPS) is 21.4. The molecule has 1 saturated heterocycles. The number of rotatable bonds is 4. The summed E-state index contributed by atoms with van der Waals surface area (Å²) in [6.45, 7) is 3.34. The summed E-state index contributed by atoms with van der Waals surface area (Å²) in [7, 11) is 0. The lowest BCUT2D eigenvalue weighted by atomic mass is 10.1. The van der Waals surface area contributed by atoms with Gasteiger partial charge in [0.2, 0.25) is 5.91 Å². The van der Waals surface area contributed by atoms with Gasteiger partial charge in [-0.1, -0.05) is 18.6 Å². The van der Waals surface area contributed by atoms with Gasteiger partial charge in [0.25, 0.3) is 0 Å². The third-order valence-electron chi connectivity index (χ3n) is 4.28. The second-order valence-electron chi connectivity index (χ2n) is 6.15. The van der Waals surface area contributed by atoms with Crippen molar-refractivity contribution in [1.82, 2.24) is 4.90 Å². The summed E-state index contributed by atoms with van der Waals surface area (Å²) in [5.41, 5.74) is 7.42. The van der Waals surface area contributed by atoms with Crippen LogP contribution in [0.3, 0.4) is 0 Å². The molecule has 0 spiro atoms. The zero-order valence-corrected chi connectivity index (χ0v) is 11.9. The maximum absolute atomic E-state index is 12.0. The predicted molar refractivity (Wildman–Crippen MR) is 80.4 cm³/mol. The lowest BCUT2D eigenvalue weighted by molar-refractivity contribution is -0.118. The van der Waals surface area contributed by atoms with Gasteiger partial charge in [0.05, 0.1) is 5.54 Å². The van der Waals surface area contributed by atoms with Gasteiger partial charge >= 0.3 is 0 Å². The van der Waals surface area contributed by atoms with Crippen LogP contribution in [0.25, 0.3) is 0 Å². The molecule has 1 saturated carbocycles. The molecule has 1 aliphatic carbocycles. The van der Waals surface area contributed by atoms with Crippen molar-refractivity contribution in [3.8, 4) is 0 Å². The SMILES string of the molecule is NC1(C(=O)Nc2cccc(CN3CCCCC3)c2)CC1. The van der Waals surface area contributed by atoms with Crippen LogP contribution in [0.5, 0.6) is 0 Å². The fourth-order valence-electron chi connectivity index (χ4n) is 2.74. The summed E-state index contributed by atoms with van der Waals surface area (Å²) in [5, 5.41) is 2.94. The Kier molecular flexibility index (Phi) is 3.76. The highest BCUT2D eigenvalue weighted by atomic mass is 16.2. The second-order valence-corrected chi connectivity index (χ2v) is 6.15. The summed E-state index contributed by atoms with van der Waals surface area (Å²) in [4.78, 5) is 14.4. The molecule has 0 aromatic heterocycles. The van der Waals surface area contributed by atoms with Crippen molar-refractivity contribution < 1.29 is 4.79 Å². The van der Waals surface area contributed by atoms with E-state index < -0.39 is 5.54 Å². The molecule has 20 heavy (non-hydrogen) atoms. The van der Waals surface area contributed by atoms with Crippen molar-refractivity contribution in [3.63, 3.8) is 0 Å². The molecule has 4 heteroatoms. The molecule has 1 aliphatic heterocycles. The Morgan fingerprint density at radius 1 is 1.25 bits per heavy atom. The summed E-state index contributed by atoms with van der Waals surface area (Å²) in [6, 6.07) is 8.13. The first-order chi connectivity index (χ1) is 9.66. The van der Waals surface area contributed by atoms with E-state index in [2.05, 4.69) is 22.3 Å². The van der Waals surface area contributed by atoms with Crippen LogP contribution in [-0.2, 0) is 11.3 Å². The number of carbonyl (C=O) groups is 1. The average molecular weight is 273 g/mol. The van der Waals surface area contributed by atoms with Crippen LogP contribution < -0.4 is 11.1 Å². The highest BCUT2D eigenvalue weighted by Crippen LogP contribution is 2.33. The van der Waals surface area contributed by atoms with E-state index in [0.717, 1.165) is 25.1 Å². The molecule has 1 heterocycles. The largest absolute Gasteiger partial charge is 0.324 e. The number of likely N-dealkylation sites (tertiary alicyclic amines) is 1. The number of hydrogen-bond acceptors (Lipinski definition) is 3. The zero-order chi connectivity index (χ0) is 14.0. The maximum Gasteiger partial charge on any atom is 0.244 e. The Morgan fingerprint density at radius 3 is 2.70 bits per heavy atom. The van der Waals surface area contributed by atoms with Crippen molar-refractivity contribution in [1.29, 1.82) is 0 Å². The van der Waals surface area contributed by atoms with Gasteiger partial charge in [0, 0.05) is 12.2 Å². The van der Waals surface area contributed by atoms with Crippen LogP contribution >= 0.6 is 0 Å². The molecule has 2 aliphatic rings. The Hall–Kier alpha value is -1.39. The molecule has 0 radical (unpaired) electrons. The van der Waals surface area contributed by atoms with Gasteiger partial charge in [-0.2, -0.15) is 0 Å². The molecular formula is C16H23N3O. The molecule has 2 fully saturated rings. The number of nitrogens with one attached hydrogen (secondary N) is 1. The molecule has 0 bridgehead atoms.